The van der Waals surface area contributed by atoms with Crippen LogP contribution >= 0.6 is 34.5 Å². The summed E-state index contributed by atoms with van der Waals surface area (Å²) >= 11 is 13.1. The van der Waals surface area contributed by atoms with Crippen molar-refractivity contribution in [1.82, 2.24) is 9.88 Å². The largest absolute Gasteiger partial charge is 0.486 e. The molecule has 1 saturated heterocycles. The van der Waals surface area contributed by atoms with Crippen LogP contribution in [0, 0.1) is 0 Å². The predicted molar refractivity (Wildman–Crippen MR) is 124 cm³/mol. The summed E-state index contributed by atoms with van der Waals surface area (Å²) in [6.07, 6.45) is 1.83. The molecule has 1 unspecified atom stereocenters. The van der Waals surface area contributed by atoms with Gasteiger partial charge in [0.2, 0.25) is 5.91 Å². The smallest absolute Gasteiger partial charge is 0.347 e. The van der Waals surface area contributed by atoms with Crippen LogP contribution in [0.15, 0.2) is 48.5 Å². The van der Waals surface area contributed by atoms with Gasteiger partial charge in [-0.3, -0.25) is 4.79 Å². The zero-order valence-corrected chi connectivity index (χ0v) is 19.3. The molecule has 0 saturated carbocycles. The molecule has 1 fully saturated rings. The molecule has 0 spiro atoms. The van der Waals surface area contributed by atoms with Gasteiger partial charge in [-0.15, -0.1) is 11.3 Å². The molecule has 1 N–H and O–H groups in total. The number of carboxylic acid groups (broad SMARTS) is 1. The molecule has 166 valence electrons. The normalized spacial score (nSPS) is 15.7. The van der Waals surface area contributed by atoms with E-state index in [1.54, 1.807) is 41.3 Å². The summed E-state index contributed by atoms with van der Waals surface area (Å²) in [4.78, 5) is 31.3. The molecule has 0 radical (unpaired) electrons. The summed E-state index contributed by atoms with van der Waals surface area (Å²) in [5.41, 5.74) is 1.21. The fourth-order valence-electron chi connectivity index (χ4n) is 3.69. The Morgan fingerprint density at radius 1 is 1.16 bits per heavy atom. The third kappa shape index (κ3) is 5.06. The Morgan fingerprint density at radius 2 is 1.91 bits per heavy atom. The van der Waals surface area contributed by atoms with E-state index in [9.17, 15) is 14.7 Å². The highest BCUT2D eigenvalue weighted by molar-refractivity contribution is 7.13. The molecule has 6 nitrogen and oxygen atoms in total. The van der Waals surface area contributed by atoms with Crippen molar-refractivity contribution in [3.05, 3.63) is 79.7 Å². The number of hydrogen-bond donors (Lipinski definition) is 1. The fourth-order valence-corrected chi connectivity index (χ4v) is 5.06. The number of rotatable bonds is 7. The average Bonchev–Trinajstić information content (AvgIpc) is 3.42. The monoisotopic (exact) mass is 490 g/mol. The number of carbonyl (C=O) groups is 2. The van der Waals surface area contributed by atoms with Gasteiger partial charge in [0.05, 0.1) is 17.5 Å². The quantitative estimate of drug-likeness (QED) is 0.463. The minimum absolute atomic E-state index is 0.0178. The second-order valence-corrected chi connectivity index (χ2v) is 9.27. The van der Waals surface area contributed by atoms with Crippen molar-refractivity contribution in [1.29, 1.82) is 0 Å². The minimum atomic E-state index is -1.07. The van der Waals surface area contributed by atoms with Crippen LogP contribution in [0.25, 0.3) is 0 Å². The number of carbonyl (C=O) groups excluding carboxylic acids is 1. The molecule has 1 aliphatic rings. The van der Waals surface area contributed by atoms with Crippen molar-refractivity contribution in [2.75, 3.05) is 6.54 Å². The highest BCUT2D eigenvalue weighted by Gasteiger charge is 2.33. The Morgan fingerprint density at radius 3 is 2.62 bits per heavy atom. The van der Waals surface area contributed by atoms with Crippen LogP contribution in [0.5, 0.6) is 5.75 Å². The van der Waals surface area contributed by atoms with Crippen LogP contribution in [0.4, 0.5) is 0 Å². The standard InChI is InChI=1S/C23H20Cl2N2O4S/c24-15-9-7-14(8-10-15)12-20(28)27-11-3-5-18(27)22-26-17(21(32-22)23(29)30)13-31-19-6-2-1-4-16(19)25/h1-2,4,6-10,18H,3,5,11-13H2,(H,29,30). The number of halogens is 2. The first-order valence-corrected chi connectivity index (χ1v) is 11.6. The number of aromatic nitrogens is 1. The van der Waals surface area contributed by atoms with E-state index in [2.05, 4.69) is 4.98 Å². The maximum atomic E-state index is 13.0. The number of thiazole rings is 1. The van der Waals surface area contributed by atoms with Gasteiger partial charge < -0.3 is 14.7 Å². The van der Waals surface area contributed by atoms with Crippen molar-refractivity contribution in [2.24, 2.45) is 0 Å². The van der Waals surface area contributed by atoms with Crippen LogP contribution < -0.4 is 4.74 Å². The fraction of sp³-hybridized carbons (Fsp3) is 0.261. The van der Waals surface area contributed by atoms with Crippen molar-refractivity contribution < 1.29 is 19.4 Å². The van der Waals surface area contributed by atoms with E-state index in [-0.39, 0.29) is 29.9 Å². The number of amides is 1. The summed E-state index contributed by atoms with van der Waals surface area (Å²) in [6.45, 7) is 0.595. The van der Waals surface area contributed by atoms with Crippen LogP contribution in [0.3, 0.4) is 0 Å². The van der Waals surface area contributed by atoms with Gasteiger partial charge in [-0.25, -0.2) is 9.78 Å². The molecular formula is C23H20Cl2N2O4S. The molecule has 3 aromatic rings. The Kier molecular flexibility index (Phi) is 6.98. The number of benzene rings is 2. The van der Waals surface area contributed by atoms with Crippen molar-refractivity contribution in [2.45, 2.75) is 31.9 Å². The third-order valence-corrected chi connectivity index (χ3v) is 6.99. The van der Waals surface area contributed by atoms with Gasteiger partial charge in [-0.05, 0) is 42.7 Å². The van der Waals surface area contributed by atoms with Crippen molar-refractivity contribution in [3.8, 4) is 5.75 Å². The van der Waals surface area contributed by atoms with E-state index in [0.717, 1.165) is 29.7 Å². The van der Waals surface area contributed by atoms with Crippen LogP contribution in [0.2, 0.25) is 10.0 Å². The predicted octanol–water partition coefficient (Wildman–Crippen LogP) is 5.63. The van der Waals surface area contributed by atoms with Crippen LogP contribution in [0.1, 0.15) is 44.8 Å². The van der Waals surface area contributed by atoms with Gasteiger partial charge in [0.25, 0.3) is 0 Å². The lowest BCUT2D eigenvalue weighted by atomic mass is 10.1. The molecule has 2 heterocycles. The molecule has 1 amide bonds. The number of aromatic carboxylic acids is 1. The lowest BCUT2D eigenvalue weighted by Crippen LogP contribution is -2.31. The van der Waals surface area contributed by atoms with Gasteiger partial charge in [0.15, 0.2) is 0 Å². The van der Waals surface area contributed by atoms with Gasteiger partial charge in [0, 0.05) is 11.6 Å². The third-order valence-electron chi connectivity index (χ3n) is 5.24. The second kappa shape index (κ2) is 9.90. The first-order chi connectivity index (χ1) is 15.4. The Balaban J connectivity index is 1.52. The zero-order chi connectivity index (χ0) is 22.7. The number of hydrogen-bond acceptors (Lipinski definition) is 5. The molecule has 1 atom stereocenters. The van der Waals surface area contributed by atoms with Gasteiger partial charge >= 0.3 is 5.97 Å². The second-order valence-electron chi connectivity index (χ2n) is 7.40. The molecule has 0 aliphatic carbocycles. The highest BCUT2D eigenvalue weighted by Crippen LogP contribution is 2.36. The van der Waals surface area contributed by atoms with E-state index in [1.165, 1.54) is 0 Å². The summed E-state index contributed by atoms with van der Waals surface area (Å²) in [5, 5.41) is 11.3. The van der Waals surface area contributed by atoms with Gasteiger partial charge in [-0.2, -0.15) is 0 Å². The van der Waals surface area contributed by atoms with Crippen molar-refractivity contribution in [3.63, 3.8) is 0 Å². The van der Waals surface area contributed by atoms with Crippen LogP contribution in [-0.4, -0.2) is 33.4 Å². The summed E-state index contributed by atoms with van der Waals surface area (Å²) < 4.78 is 5.71. The Hall–Kier alpha value is -2.61. The van der Waals surface area contributed by atoms with E-state index in [4.69, 9.17) is 27.9 Å². The topological polar surface area (TPSA) is 79.7 Å². The lowest BCUT2D eigenvalue weighted by molar-refractivity contribution is -0.131. The lowest BCUT2D eigenvalue weighted by Gasteiger charge is -2.23. The number of nitrogens with zero attached hydrogens (tertiary/aromatic N) is 2. The maximum absolute atomic E-state index is 13.0. The Bertz CT molecular complexity index is 1130. The molecule has 9 heteroatoms. The first kappa shape index (κ1) is 22.6. The van der Waals surface area contributed by atoms with E-state index < -0.39 is 5.97 Å². The molecule has 32 heavy (non-hydrogen) atoms. The Labute approximate surface area is 199 Å². The highest BCUT2D eigenvalue weighted by atomic mass is 35.5. The number of likely N-dealkylation sites (tertiary alicyclic amines) is 1. The zero-order valence-electron chi connectivity index (χ0n) is 17.0. The molecule has 1 aliphatic heterocycles. The molecule has 1 aromatic heterocycles. The molecule has 2 aromatic carbocycles. The molecule has 4 rings (SSSR count). The van der Waals surface area contributed by atoms with E-state index in [1.807, 2.05) is 12.1 Å². The number of carboxylic acids is 1. The molecule has 0 bridgehead atoms. The SMILES string of the molecule is O=C(O)c1sc(C2CCCN2C(=O)Cc2ccc(Cl)cc2)nc1COc1ccccc1Cl. The van der Waals surface area contributed by atoms with E-state index in [0.29, 0.717) is 33.0 Å². The molecular weight excluding hydrogens is 471 g/mol. The van der Waals surface area contributed by atoms with E-state index >= 15 is 0 Å². The summed E-state index contributed by atoms with van der Waals surface area (Å²) in [5.74, 6) is -0.625. The van der Waals surface area contributed by atoms with Crippen LogP contribution in [-0.2, 0) is 17.8 Å². The minimum Gasteiger partial charge on any atom is -0.486 e. The van der Waals surface area contributed by atoms with Crippen molar-refractivity contribution >= 4 is 46.4 Å². The maximum Gasteiger partial charge on any atom is 0.347 e. The summed E-state index contributed by atoms with van der Waals surface area (Å²) in [6, 6.07) is 13.9. The van der Waals surface area contributed by atoms with Gasteiger partial charge in [-0.1, -0.05) is 47.5 Å². The number of para-hydroxylation sites is 1. The first-order valence-electron chi connectivity index (χ1n) is 10.1. The average molecular weight is 491 g/mol. The number of ether oxygens (including phenoxy) is 1. The van der Waals surface area contributed by atoms with Gasteiger partial charge in [0.1, 0.15) is 27.9 Å². The summed E-state index contributed by atoms with van der Waals surface area (Å²) in [7, 11) is 0.